The van der Waals surface area contributed by atoms with Crippen molar-refractivity contribution in [2.45, 2.75) is 32.9 Å². The van der Waals surface area contributed by atoms with Crippen molar-refractivity contribution in [1.82, 2.24) is 0 Å². The monoisotopic (exact) mass is 403 g/mol. The van der Waals surface area contributed by atoms with E-state index in [0.29, 0.717) is 22.8 Å². The van der Waals surface area contributed by atoms with Crippen molar-refractivity contribution in [1.29, 1.82) is 0 Å². The van der Waals surface area contributed by atoms with Gasteiger partial charge < -0.3 is 23.9 Å². The van der Waals surface area contributed by atoms with Gasteiger partial charge in [0, 0.05) is 25.3 Å². The zero-order valence-corrected chi connectivity index (χ0v) is 19.5. The average molecular weight is 404 g/mol. The maximum Gasteiger partial charge on any atom is 0.220 e. The number of hydrogen-bond acceptors (Lipinski definition) is 5. The normalized spacial score (nSPS) is 12.9. The molecule has 2 aromatic rings. The summed E-state index contributed by atoms with van der Waals surface area (Å²) in [6.07, 6.45) is -0.803. The molecule has 0 aliphatic heterocycles. The second-order valence-electron chi connectivity index (χ2n) is 8.27. The van der Waals surface area contributed by atoms with Crippen LogP contribution in [0.25, 0.3) is 0 Å². The van der Waals surface area contributed by atoms with E-state index >= 15 is 0 Å². The van der Waals surface area contributed by atoms with Crippen molar-refractivity contribution >= 4 is 15.5 Å². The summed E-state index contributed by atoms with van der Waals surface area (Å²) in [6, 6.07) is 12.5. The number of hydrogen-bond donors (Lipinski definition) is 1. The number of para-hydroxylation sites is 1. The molecule has 0 fully saturated rings. The number of methoxy groups -OCH3 is 2. The van der Waals surface area contributed by atoms with Crippen LogP contribution in [0.3, 0.4) is 0 Å². The number of rotatable bonds is 8. The molecule has 0 aliphatic carbocycles. The van der Waals surface area contributed by atoms with Crippen LogP contribution in [-0.2, 0) is 0 Å². The zero-order chi connectivity index (χ0) is 20.9. The largest absolute Gasteiger partial charge is 0.544 e. The fourth-order valence-corrected chi connectivity index (χ4v) is 4.17. The highest BCUT2D eigenvalue weighted by Crippen LogP contribution is 2.42. The van der Waals surface area contributed by atoms with Crippen LogP contribution in [0.15, 0.2) is 36.4 Å². The van der Waals surface area contributed by atoms with E-state index in [1.54, 1.807) is 14.2 Å². The number of aliphatic hydroxyl groups excluding tert-OH is 1. The van der Waals surface area contributed by atoms with Gasteiger partial charge in [-0.05, 0) is 35.2 Å². The lowest BCUT2D eigenvalue weighted by atomic mass is 9.98. The first kappa shape index (κ1) is 22.1. The molecular formula is C22H33NO4Si. The summed E-state index contributed by atoms with van der Waals surface area (Å²) in [5.74, 6) is 1.78. The van der Waals surface area contributed by atoms with E-state index in [1.165, 1.54) is 0 Å². The number of aliphatic hydroxyl groups is 1. The van der Waals surface area contributed by atoms with E-state index in [1.807, 2.05) is 55.4 Å². The van der Waals surface area contributed by atoms with Crippen LogP contribution in [0.5, 0.6) is 17.2 Å². The van der Waals surface area contributed by atoms with E-state index < -0.39 is 15.9 Å². The molecular weight excluding hydrogens is 370 g/mol. The Hall–Kier alpha value is -2.18. The first-order chi connectivity index (χ1) is 13.2. The van der Waals surface area contributed by atoms with Gasteiger partial charge in [-0.2, -0.15) is 0 Å². The molecule has 154 valence electrons. The topological polar surface area (TPSA) is 51.2 Å². The highest BCUT2D eigenvalue weighted by atomic mass is 28.2. The summed E-state index contributed by atoms with van der Waals surface area (Å²) in [4.78, 5) is 1.99. The quantitative estimate of drug-likeness (QED) is 0.680. The van der Waals surface area contributed by atoms with Gasteiger partial charge in [-0.15, -0.1) is 0 Å². The second-order valence-corrected chi connectivity index (χ2v) is 9.47. The summed E-state index contributed by atoms with van der Waals surface area (Å²) in [5.41, 5.74) is 2.73. The Morgan fingerprint density at radius 2 is 1.61 bits per heavy atom. The molecule has 2 rings (SSSR count). The van der Waals surface area contributed by atoms with Gasteiger partial charge in [-0.3, -0.25) is 0 Å². The Kier molecular flexibility index (Phi) is 7.38. The van der Waals surface area contributed by atoms with Crippen molar-refractivity contribution in [3.05, 3.63) is 47.5 Å². The highest BCUT2D eigenvalue weighted by molar-refractivity contribution is 6.28. The van der Waals surface area contributed by atoms with Crippen LogP contribution in [0, 0.1) is 5.41 Å². The van der Waals surface area contributed by atoms with E-state index in [0.717, 1.165) is 17.3 Å². The molecule has 0 amide bonds. The molecule has 6 heteroatoms. The van der Waals surface area contributed by atoms with E-state index in [2.05, 4.69) is 20.8 Å². The van der Waals surface area contributed by atoms with E-state index in [9.17, 15) is 5.11 Å². The Bertz CT molecular complexity index is 761. The smallest absolute Gasteiger partial charge is 0.220 e. The van der Waals surface area contributed by atoms with Gasteiger partial charge >= 0.3 is 0 Å². The molecule has 0 saturated heterocycles. The van der Waals surface area contributed by atoms with Crippen LogP contribution in [-0.4, -0.2) is 43.2 Å². The summed E-state index contributed by atoms with van der Waals surface area (Å²) in [5, 5.41) is 11.1. The third kappa shape index (κ3) is 5.42. The molecule has 0 aliphatic rings. The molecule has 2 aromatic carbocycles. The summed E-state index contributed by atoms with van der Waals surface area (Å²) >= 11 is 0. The molecule has 5 nitrogen and oxygen atoms in total. The molecule has 28 heavy (non-hydrogen) atoms. The number of ether oxygens (including phenoxy) is 2. The number of anilines is 1. The Morgan fingerprint density at radius 3 is 2.11 bits per heavy atom. The third-order valence-corrected chi connectivity index (χ3v) is 6.81. The van der Waals surface area contributed by atoms with Crippen LogP contribution < -0.4 is 18.8 Å². The van der Waals surface area contributed by atoms with Crippen LogP contribution in [0.1, 0.15) is 38.0 Å². The van der Waals surface area contributed by atoms with E-state index in [-0.39, 0.29) is 5.41 Å². The molecule has 0 aromatic heterocycles. The zero-order valence-electron chi connectivity index (χ0n) is 18.1. The van der Waals surface area contributed by atoms with Crippen molar-refractivity contribution < 1.29 is 19.0 Å². The molecule has 0 bridgehead atoms. The molecule has 0 spiro atoms. The number of benzene rings is 2. The minimum absolute atomic E-state index is 0.235. The standard InChI is InChI=1S/C22H33NO4Si/c1-22(2,3)14-28-27-21-18(25-6)12-15(13-19(21)26-7)20(24)16-10-8-9-11-17(16)23(4)5/h8-13,20,24H,14,28H2,1-7H3. The minimum Gasteiger partial charge on any atom is -0.544 e. The van der Waals surface area contributed by atoms with Gasteiger partial charge in [0.05, 0.1) is 14.2 Å². The van der Waals surface area contributed by atoms with Gasteiger partial charge in [0.2, 0.25) is 9.76 Å². The molecule has 0 heterocycles. The first-order valence-electron chi connectivity index (χ1n) is 9.51. The molecule has 0 radical (unpaired) electrons. The second kappa shape index (κ2) is 9.34. The van der Waals surface area contributed by atoms with Gasteiger partial charge in [-0.25, -0.2) is 0 Å². The van der Waals surface area contributed by atoms with Crippen molar-refractivity contribution in [3.8, 4) is 17.2 Å². The van der Waals surface area contributed by atoms with Gasteiger partial charge in [-0.1, -0.05) is 39.0 Å². The summed E-state index contributed by atoms with van der Waals surface area (Å²) in [6.45, 7) is 6.62. The van der Waals surface area contributed by atoms with E-state index in [4.69, 9.17) is 13.9 Å². The van der Waals surface area contributed by atoms with Crippen molar-refractivity contribution in [2.75, 3.05) is 33.2 Å². The Balaban J connectivity index is 2.39. The maximum atomic E-state index is 11.1. The first-order valence-corrected chi connectivity index (χ1v) is 11.1. The van der Waals surface area contributed by atoms with Crippen LogP contribution >= 0.6 is 0 Å². The van der Waals surface area contributed by atoms with Gasteiger partial charge in [0.1, 0.15) is 6.10 Å². The average Bonchev–Trinajstić information content (AvgIpc) is 2.66. The Labute approximate surface area is 171 Å². The summed E-state index contributed by atoms with van der Waals surface area (Å²) < 4.78 is 17.3. The predicted molar refractivity (Wildman–Crippen MR) is 118 cm³/mol. The summed E-state index contributed by atoms with van der Waals surface area (Å²) in [7, 11) is 6.36. The lowest BCUT2D eigenvalue weighted by molar-refractivity contribution is 0.219. The molecule has 0 saturated carbocycles. The fourth-order valence-electron chi connectivity index (χ4n) is 2.97. The lowest BCUT2D eigenvalue weighted by Gasteiger charge is -2.23. The maximum absolute atomic E-state index is 11.1. The molecule has 1 N–H and O–H groups in total. The van der Waals surface area contributed by atoms with Gasteiger partial charge in [0.25, 0.3) is 0 Å². The minimum atomic E-state index is -0.803. The highest BCUT2D eigenvalue weighted by Gasteiger charge is 2.22. The Morgan fingerprint density at radius 1 is 1.04 bits per heavy atom. The third-order valence-electron chi connectivity index (χ3n) is 4.61. The van der Waals surface area contributed by atoms with Crippen molar-refractivity contribution in [3.63, 3.8) is 0 Å². The van der Waals surface area contributed by atoms with Crippen LogP contribution in [0.4, 0.5) is 5.69 Å². The number of nitrogens with zero attached hydrogens (tertiary/aromatic N) is 1. The molecule has 1 atom stereocenters. The lowest BCUT2D eigenvalue weighted by Crippen LogP contribution is -2.15. The van der Waals surface area contributed by atoms with Crippen LogP contribution in [0.2, 0.25) is 6.04 Å². The van der Waals surface area contributed by atoms with Crippen molar-refractivity contribution in [2.24, 2.45) is 5.41 Å². The SMILES string of the molecule is COc1cc(C(O)c2ccccc2N(C)C)cc(OC)c1O[SiH2]CC(C)(C)C. The van der Waals surface area contributed by atoms with Gasteiger partial charge in [0.15, 0.2) is 17.2 Å². The predicted octanol–water partition coefficient (Wildman–Crippen LogP) is 3.78. The fraction of sp³-hybridized carbons (Fsp3) is 0.455. The molecule has 1 unspecified atom stereocenters.